The molecule has 0 saturated carbocycles. The Balaban J connectivity index is 1.68. The van der Waals surface area contributed by atoms with Crippen molar-refractivity contribution >= 4 is 23.1 Å². The molecule has 0 aliphatic heterocycles. The molecule has 0 unspecified atom stereocenters. The summed E-state index contributed by atoms with van der Waals surface area (Å²) in [5.74, 6) is 1.75. The van der Waals surface area contributed by atoms with Crippen molar-refractivity contribution in [1.29, 1.82) is 0 Å². The molecule has 0 radical (unpaired) electrons. The first-order chi connectivity index (χ1) is 9.74. The number of thiophene rings is 1. The van der Waals surface area contributed by atoms with E-state index in [9.17, 15) is 0 Å². The Kier molecular flexibility index (Phi) is 3.79. The van der Waals surface area contributed by atoms with Crippen molar-refractivity contribution < 1.29 is 4.52 Å². The molecule has 0 N–H and O–H groups in total. The summed E-state index contributed by atoms with van der Waals surface area (Å²) in [6.07, 6.45) is 0. The average Bonchev–Trinajstić information content (AvgIpc) is 3.16. The lowest BCUT2D eigenvalue weighted by Crippen LogP contribution is -2.04. The van der Waals surface area contributed by atoms with E-state index < -0.39 is 0 Å². The van der Waals surface area contributed by atoms with Crippen LogP contribution < -0.4 is 0 Å². The van der Waals surface area contributed by atoms with Crippen molar-refractivity contribution in [3.8, 4) is 11.5 Å². The number of nitrogens with zero attached hydrogens (tertiary/aromatic N) is 6. The first-order valence-electron chi connectivity index (χ1n) is 6.00. The van der Waals surface area contributed by atoms with Crippen LogP contribution in [0.3, 0.4) is 0 Å². The molecule has 0 amide bonds. The standard InChI is InChI=1S/C11H12N6OS2/c1-7(2)17-11(13-15-16-17)20-6-9-12-10(18-14-9)8-3-4-19-5-8/h3-5,7H,6H2,1-2H3. The molecule has 3 aromatic heterocycles. The van der Waals surface area contributed by atoms with Crippen molar-refractivity contribution in [2.24, 2.45) is 0 Å². The van der Waals surface area contributed by atoms with E-state index >= 15 is 0 Å². The fourth-order valence-electron chi connectivity index (χ4n) is 1.55. The van der Waals surface area contributed by atoms with Crippen molar-refractivity contribution in [3.63, 3.8) is 0 Å². The van der Waals surface area contributed by atoms with Crippen LogP contribution in [0.25, 0.3) is 11.5 Å². The van der Waals surface area contributed by atoms with Gasteiger partial charge >= 0.3 is 0 Å². The van der Waals surface area contributed by atoms with Crippen molar-refractivity contribution in [2.75, 3.05) is 0 Å². The Labute approximate surface area is 123 Å². The lowest BCUT2D eigenvalue weighted by molar-refractivity contribution is 0.425. The van der Waals surface area contributed by atoms with Gasteiger partial charge in [-0.2, -0.15) is 16.3 Å². The van der Waals surface area contributed by atoms with Gasteiger partial charge in [0.05, 0.1) is 17.4 Å². The van der Waals surface area contributed by atoms with Gasteiger partial charge in [-0.25, -0.2) is 4.68 Å². The Morgan fingerprint density at radius 2 is 2.35 bits per heavy atom. The fourth-order valence-corrected chi connectivity index (χ4v) is 3.03. The first kappa shape index (κ1) is 13.3. The molecule has 0 spiro atoms. The molecular formula is C11H12N6OS2. The van der Waals surface area contributed by atoms with E-state index in [4.69, 9.17) is 4.52 Å². The number of tetrazole rings is 1. The normalized spacial score (nSPS) is 11.3. The highest BCUT2D eigenvalue weighted by atomic mass is 32.2. The Morgan fingerprint density at radius 1 is 1.45 bits per heavy atom. The van der Waals surface area contributed by atoms with Crippen molar-refractivity contribution in [1.82, 2.24) is 30.3 Å². The molecule has 0 fully saturated rings. The molecule has 7 nitrogen and oxygen atoms in total. The van der Waals surface area contributed by atoms with Crippen LogP contribution in [0.4, 0.5) is 0 Å². The SMILES string of the molecule is CC(C)n1nnnc1SCc1noc(-c2ccsc2)n1. The Hall–Kier alpha value is -1.74. The highest BCUT2D eigenvalue weighted by molar-refractivity contribution is 7.98. The minimum absolute atomic E-state index is 0.221. The quantitative estimate of drug-likeness (QED) is 0.670. The summed E-state index contributed by atoms with van der Waals surface area (Å²) in [4.78, 5) is 4.36. The van der Waals surface area contributed by atoms with E-state index in [1.807, 2.05) is 30.7 Å². The van der Waals surface area contributed by atoms with Gasteiger partial charge < -0.3 is 4.52 Å². The zero-order valence-corrected chi connectivity index (χ0v) is 12.6. The lowest BCUT2D eigenvalue weighted by Gasteiger charge is -2.05. The molecule has 0 atom stereocenters. The van der Waals surface area contributed by atoms with Crippen LogP contribution in [0.1, 0.15) is 25.7 Å². The predicted octanol–water partition coefficient (Wildman–Crippen LogP) is 2.66. The zero-order chi connectivity index (χ0) is 13.9. The molecule has 0 aliphatic carbocycles. The third kappa shape index (κ3) is 2.73. The maximum atomic E-state index is 5.23. The van der Waals surface area contributed by atoms with E-state index in [0.717, 1.165) is 10.7 Å². The number of hydrogen-bond acceptors (Lipinski definition) is 8. The van der Waals surface area contributed by atoms with E-state index in [-0.39, 0.29) is 6.04 Å². The summed E-state index contributed by atoms with van der Waals surface area (Å²) in [5.41, 5.74) is 0.950. The van der Waals surface area contributed by atoms with E-state index in [0.29, 0.717) is 17.5 Å². The second-order valence-corrected chi connectivity index (χ2v) is 6.04. The molecule has 3 rings (SSSR count). The highest BCUT2D eigenvalue weighted by Gasteiger charge is 2.13. The monoisotopic (exact) mass is 308 g/mol. The highest BCUT2D eigenvalue weighted by Crippen LogP contribution is 2.24. The van der Waals surface area contributed by atoms with E-state index in [1.54, 1.807) is 16.0 Å². The van der Waals surface area contributed by atoms with Crippen LogP contribution in [0, 0.1) is 0 Å². The number of aromatic nitrogens is 6. The minimum Gasteiger partial charge on any atom is -0.334 e. The molecular weight excluding hydrogens is 296 g/mol. The van der Waals surface area contributed by atoms with Gasteiger partial charge in [0.2, 0.25) is 5.16 Å². The van der Waals surface area contributed by atoms with Crippen LogP contribution in [0.15, 0.2) is 26.5 Å². The molecule has 20 heavy (non-hydrogen) atoms. The van der Waals surface area contributed by atoms with Crippen LogP contribution in [-0.2, 0) is 5.75 Å². The summed E-state index contributed by atoms with van der Waals surface area (Å²) in [7, 11) is 0. The van der Waals surface area contributed by atoms with Gasteiger partial charge in [-0.1, -0.05) is 16.9 Å². The van der Waals surface area contributed by atoms with E-state index in [1.165, 1.54) is 11.8 Å². The minimum atomic E-state index is 0.221. The molecule has 9 heteroatoms. The second kappa shape index (κ2) is 5.71. The van der Waals surface area contributed by atoms with Gasteiger partial charge in [-0.3, -0.25) is 0 Å². The first-order valence-corrected chi connectivity index (χ1v) is 7.92. The largest absolute Gasteiger partial charge is 0.334 e. The average molecular weight is 308 g/mol. The lowest BCUT2D eigenvalue weighted by atomic mass is 10.3. The third-order valence-electron chi connectivity index (χ3n) is 2.52. The van der Waals surface area contributed by atoms with Crippen LogP contribution in [0.2, 0.25) is 0 Å². The maximum absolute atomic E-state index is 5.23. The third-order valence-corrected chi connectivity index (χ3v) is 4.13. The van der Waals surface area contributed by atoms with Gasteiger partial charge in [0, 0.05) is 5.38 Å². The molecule has 0 bridgehead atoms. The molecule has 0 aromatic carbocycles. The molecule has 3 heterocycles. The number of hydrogen-bond donors (Lipinski definition) is 0. The summed E-state index contributed by atoms with van der Waals surface area (Å²) in [5, 5.41) is 20.3. The second-order valence-electron chi connectivity index (χ2n) is 4.32. The maximum Gasteiger partial charge on any atom is 0.258 e. The van der Waals surface area contributed by atoms with Gasteiger partial charge in [0.25, 0.3) is 5.89 Å². The summed E-state index contributed by atoms with van der Waals surface area (Å²) >= 11 is 3.09. The van der Waals surface area contributed by atoms with Crippen LogP contribution >= 0.6 is 23.1 Å². The smallest absolute Gasteiger partial charge is 0.258 e. The Bertz CT molecular complexity index is 675. The zero-order valence-electron chi connectivity index (χ0n) is 10.9. The molecule has 0 saturated heterocycles. The van der Waals surface area contributed by atoms with Crippen LogP contribution in [-0.4, -0.2) is 30.3 Å². The fraction of sp³-hybridized carbons (Fsp3) is 0.364. The summed E-state index contributed by atoms with van der Waals surface area (Å²) in [6, 6.07) is 2.17. The van der Waals surface area contributed by atoms with Gasteiger partial charge in [0.1, 0.15) is 0 Å². The molecule has 0 aliphatic rings. The number of thioether (sulfide) groups is 1. The summed E-state index contributed by atoms with van der Waals surface area (Å²) < 4.78 is 7.00. The molecule has 104 valence electrons. The van der Waals surface area contributed by atoms with Gasteiger partial charge in [-0.05, 0) is 35.7 Å². The molecule has 3 aromatic rings. The predicted molar refractivity (Wildman–Crippen MR) is 75.4 cm³/mol. The summed E-state index contributed by atoms with van der Waals surface area (Å²) in [6.45, 7) is 4.06. The van der Waals surface area contributed by atoms with Crippen molar-refractivity contribution in [3.05, 3.63) is 22.7 Å². The van der Waals surface area contributed by atoms with E-state index in [2.05, 4.69) is 25.7 Å². The van der Waals surface area contributed by atoms with Gasteiger partial charge in [0.15, 0.2) is 5.82 Å². The van der Waals surface area contributed by atoms with Crippen LogP contribution in [0.5, 0.6) is 0 Å². The number of rotatable bonds is 5. The van der Waals surface area contributed by atoms with Gasteiger partial charge in [-0.15, -0.1) is 5.10 Å². The van der Waals surface area contributed by atoms with Crippen molar-refractivity contribution in [2.45, 2.75) is 30.8 Å². The Morgan fingerprint density at radius 3 is 3.10 bits per heavy atom. The topological polar surface area (TPSA) is 82.5 Å².